The first-order valence-corrected chi connectivity index (χ1v) is 28.1. The van der Waals surface area contributed by atoms with E-state index >= 15 is 0 Å². The van der Waals surface area contributed by atoms with E-state index in [0.717, 1.165) is 28.5 Å². The van der Waals surface area contributed by atoms with Crippen LogP contribution in [0, 0.1) is 17.8 Å². The summed E-state index contributed by atoms with van der Waals surface area (Å²) in [7, 11) is 2.16. The lowest BCUT2D eigenvalue weighted by Gasteiger charge is -2.48. The Morgan fingerprint density at radius 3 is 2.27 bits per heavy atom. The zero-order valence-corrected chi connectivity index (χ0v) is 46.7. The second-order valence-electron chi connectivity index (χ2n) is 22.5. The fourth-order valence-corrected chi connectivity index (χ4v) is 11.7. The summed E-state index contributed by atoms with van der Waals surface area (Å²) in [6, 6.07) is 6.31. The molecule has 4 heterocycles. The zero-order chi connectivity index (χ0) is 54.4. The second-order valence-corrected chi connectivity index (χ2v) is 24.4. The van der Waals surface area contributed by atoms with Gasteiger partial charge in [-0.2, -0.15) is 0 Å². The van der Waals surface area contributed by atoms with Crippen LogP contribution in [0.2, 0.25) is 0 Å². The summed E-state index contributed by atoms with van der Waals surface area (Å²) in [4.78, 5) is 18.7. The maximum atomic E-state index is 14.5. The molecule has 1 aromatic carbocycles. The molecular weight excluding hydrogens is 966 g/mol. The van der Waals surface area contributed by atoms with Gasteiger partial charge in [-0.1, -0.05) is 45.0 Å². The van der Waals surface area contributed by atoms with Gasteiger partial charge in [-0.3, -0.25) is 9.80 Å². The van der Waals surface area contributed by atoms with Gasteiger partial charge in [0.1, 0.15) is 30.6 Å². The molecule has 5 rings (SSSR count). The first-order valence-electron chi connectivity index (χ1n) is 26.1. The Hall–Kier alpha value is -2.83. The van der Waals surface area contributed by atoms with E-state index in [9.17, 15) is 38.0 Å². The van der Waals surface area contributed by atoms with E-state index in [1.807, 2.05) is 77.2 Å². The summed E-state index contributed by atoms with van der Waals surface area (Å²) in [6.07, 6.45) is -0.624. The summed E-state index contributed by atoms with van der Waals surface area (Å²) in [5.74, 6) is -2.56. The van der Waals surface area contributed by atoms with Gasteiger partial charge < -0.3 is 64.1 Å². The number of aliphatic hydroxyl groups is 4. The number of likely N-dealkylation sites (N-methyl/N-ethyl adjacent to an activating group) is 1. The van der Waals surface area contributed by atoms with Crippen molar-refractivity contribution in [2.45, 2.75) is 204 Å². The highest BCUT2D eigenvalue weighted by Crippen LogP contribution is 2.40. The van der Waals surface area contributed by atoms with Crippen LogP contribution in [0.15, 0.2) is 41.6 Å². The lowest BCUT2D eigenvalue weighted by molar-refractivity contribution is -0.308. The average Bonchev–Trinajstić information content (AvgIpc) is 3.80. The van der Waals surface area contributed by atoms with Gasteiger partial charge in [0.15, 0.2) is 22.4 Å². The fraction of sp³-hybridized carbons (Fsp3) is 0.792. The number of hydrogen-bond donors (Lipinski definition) is 6. The van der Waals surface area contributed by atoms with Gasteiger partial charge in [-0.05, 0) is 111 Å². The summed E-state index contributed by atoms with van der Waals surface area (Å²) in [5.41, 5.74) is 4.42. The number of carbonyl (C=O) groups is 1. The van der Waals surface area contributed by atoms with Gasteiger partial charge in [0.25, 0.3) is 0 Å². The topological polar surface area (TPSA) is 221 Å². The third-order valence-corrected chi connectivity index (χ3v) is 16.6. The number of sulfone groups is 1. The molecule has 3 saturated heterocycles. The highest BCUT2D eigenvalue weighted by molar-refractivity contribution is 7.93. The van der Waals surface area contributed by atoms with Gasteiger partial charge in [0.05, 0.1) is 47.6 Å². The van der Waals surface area contributed by atoms with Crippen molar-refractivity contribution in [3.05, 3.63) is 52.7 Å². The van der Waals surface area contributed by atoms with Crippen LogP contribution in [0.3, 0.4) is 0 Å². The van der Waals surface area contributed by atoms with Crippen LogP contribution in [0.1, 0.15) is 119 Å². The summed E-state index contributed by atoms with van der Waals surface area (Å²) >= 11 is 0. The minimum Gasteiger partial charge on any atom is -0.459 e. The highest BCUT2D eigenvalue weighted by atomic mass is 32.2. The number of ether oxygens (including phenoxy) is 6. The van der Waals surface area contributed by atoms with Crippen LogP contribution in [0.4, 0.5) is 4.39 Å². The monoisotopic (exact) mass is 1060 g/mol. The van der Waals surface area contributed by atoms with Crippen molar-refractivity contribution < 1.29 is 66.5 Å². The van der Waals surface area contributed by atoms with E-state index in [1.54, 1.807) is 39.6 Å². The number of halogens is 1. The summed E-state index contributed by atoms with van der Waals surface area (Å²) in [6.45, 7) is 18.4. The van der Waals surface area contributed by atoms with Crippen molar-refractivity contribution in [3.8, 4) is 0 Å². The van der Waals surface area contributed by atoms with E-state index in [-0.39, 0.29) is 37.3 Å². The Bertz CT molecular complexity index is 2100. The molecule has 0 saturated carbocycles. The van der Waals surface area contributed by atoms with Gasteiger partial charge in [-0.15, -0.1) is 5.53 Å². The predicted octanol–water partition coefficient (Wildman–Crippen LogP) is 4.45. The number of hydrogen-bond acceptors (Lipinski definition) is 18. The number of carbonyl (C=O) groups excluding carboxylic acids is 1. The van der Waals surface area contributed by atoms with Crippen molar-refractivity contribution in [2.24, 2.45) is 17.8 Å². The lowest BCUT2D eigenvalue weighted by Crippen LogP contribution is -2.59. The van der Waals surface area contributed by atoms with Crippen LogP contribution in [-0.2, 0) is 49.5 Å². The molecule has 3 fully saturated rings. The van der Waals surface area contributed by atoms with Crippen molar-refractivity contribution in [1.82, 2.24) is 25.8 Å². The number of cyclic esters (lactones) is 1. The molecule has 20 heteroatoms. The third-order valence-electron chi connectivity index (χ3n) is 15.9. The molecule has 0 bridgehead atoms. The molecule has 73 heavy (non-hydrogen) atoms. The number of aliphatic hydroxyl groups excluding tert-OH is 2. The van der Waals surface area contributed by atoms with Crippen molar-refractivity contribution in [3.63, 3.8) is 0 Å². The van der Waals surface area contributed by atoms with Crippen LogP contribution >= 0.6 is 0 Å². The number of hydrazine groups is 2. The number of methoxy groups -OCH3 is 1. The first kappa shape index (κ1) is 61.0. The number of nitrogens with zero attached hydrogens (tertiary/aromatic N) is 3. The van der Waals surface area contributed by atoms with E-state index in [0.29, 0.717) is 38.8 Å². The van der Waals surface area contributed by atoms with E-state index in [2.05, 4.69) is 15.9 Å². The Balaban J connectivity index is 1.37. The van der Waals surface area contributed by atoms with Crippen molar-refractivity contribution >= 4 is 21.9 Å². The van der Waals surface area contributed by atoms with Crippen molar-refractivity contribution in [1.29, 1.82) is 0 Å². The standard InChI is InChI=1S/C53H90FN5O13S/c1-15-43-53(10,64)47(60)36(6)58(12)30-32(2)27-51(8,63)49(34(4)46(35(5)50(62)70-43)71-45-28-52(9,67-13)48(61)37(7)69-45)72-44-26-41(24-33(3)68-44)57(11)22-20-40-31-59(56-55-40)42(29-54)25-39-18-16-38(17-19-39)21-23-73(14,65)66/h16-19,21,23,31-37,41-49,55-56,60-61,63-64H,15,20,22,24-30H2,1-14H3/b23-21+/t32-,33-,34+,35-,36-,37+,41+,42+,43-,44+,45+,46+,47?,48+,49-,51-,52-,53-/m1/s1. The second kappa shape index (κ2) is 25.5. The highest BCUT2D eigenvalue weighted by Gasteiger charge is 2.52. The maximum absolute atomic E-state index is 14.5. The Morgan fingerprint density at radius 1 is 0.986 bits per heavy atom. The van der Waals surface area contributed by atoms with E-state index in [1.165, 1.54) is 20.1 Å². The van der Waals surface area contributed by atoms with Gasteiger partial charge in [0.2, 0.25) is 0 Å². The van der Waals surface area contributed by atoms with E-state index in [4.69, 9.17) is 28.4 Å². The SMILES string of the molecule is CC[C@H]1OC(=O)[C@H](C)[C@@H](O[C@H]2C[C@@](C)(OC)[C@@H](O)[C@H](C)O2)[C@H](C)[C@@H](O[C@H]2C[C@@H](N(C)CCC3=CN([C@H](CF)Cc4ccc(/C=C/S(C)(=O)=O)cc4)NN3)C[C@@H](C)O2)[C@](C)(O)C[C@@H](C)CN(C)[C@H](C)C(O)[C@]1(C)O. The third kappa shape index (κ3) is 15.9. The van der Waals surface area contributed by atoms with Gasteiger partial charge in [-0.25, -0.2) is 12.8 Å². The smallest absolute Gasteiger partial charge is 0.311 e. The Morgan fingerprint density at radius 2 is 1.66 bits per heavy atom. The molecule has 18 atom stereocenters. The van der Waals surface area contributed by atoms with Gasteiger partial charge in [0, 0.05) is 81.0 Å². The number of benzene rings is 1. The minimum absolute atomic E-state index is 0.00616. The number of alkyl halides is 1. The fourth-order valence-electron chi connectivity index (χ4n) is 11.3. The molecule has 0 spiro atoms. The maximum Gasteiger partial charge on any atom is 0.311 e. The van der Waals surface area contributed by atoms with Crippen LogP contribution in [0.5, 0.6) is 0 Å². The predicted molar refractivity (Wildman–Crippen MR) is 276 cm³/mol. The Kier molecular flexibility index (Phi) is 21.4. The minimum atomic E-state index is -3.26. The molecule has 4 aliphatic heterocycles. The molecular formula is C53H90FN5O13S. The largest absolute Gasteiger partial charge is 0.459 e. The summed E-state index contributed by atoms with van der Waals surface area (Å²) in [5, 5.41) is 50.4. The molecule has 0 aliphatic carbocycles. The molecule has 0 radical (unpaired) electrons. The molecule has 4 aliphatic rings. The normalized spacial score (nSPS) is 39.4. The molecule has 18 nitrogen and oxygen atoms in total. The number of rotatable bonds is 16. The zero-order valence-electron chi connectivity index (χ0n) is 45.9. The average molecular weight is 1060 g/mol. The number of nitrogens with one attached hydrogen (secondary N) is 2. The molecule has 6 N–H and O–H groups in total. The molecule has 418 valence electrons. The quantitative estimate of drug-likeness (QED) is 0.126. The van der Waals surface area contributed by atoms with E-state index < -0.39 is 112 Å². The lowest BCUT2D eigenvalue weighted by atomic mass is 9.77. The number of esters is 1. The first-order chi connectivity index (χ1) is 34.0. The van der Waals surface area contributed by atoms with Crippen LogP contribution < -0.4 is 11.0 Å². The molecule has 0 aromatic heterocycles. The molecule has 1 aromatic rings. The Labute approximate surface area is 434 Å². The van der Waals surface area contributed by atoms with Crippen molar-refractivity contribution in [2.75, 3.05) is 47.2 Å². The summed E-state index contributed by atoms with van der Waals surface area (Å²) < 4.78 is 76.2. The molecule has 0 amide bonds. The molecule has 1 unspecified atom stereocenters. The van der Waals surface area contributed by atoms with Crippen LogP contribution in [-0.4, -0.2) is 187 Å². The van der Waals surface area contributed by atoms with Crippen LogP contribution in [0.25, 0.3) is 6.08 Å². The van der Waals surface area contributed by atoms with Gasteiger partial charge >= 0.3 is 5.97 Å².